The molecule has 1 aromatic heterocycles. The molecule has 1 aliphatic heterocycles. The number of piperazine rings is 1. The minimum atomic E-state index is -0.00672. The predicted octanol–water partition coefficient (Wildman–Crippen LogP) is 5.43. The minimum absolute atomic E-state index is 0.00672. The molecule has 1 saturated heterocycles. The van der Waals surface area contributed by atoms with Crippen LogP contribution in [0.1, 0.15) is 34.5 Å². The number of fused-ring (bicyclic) bond motifs is 1. The average molecular weight is 496 g/mol. The molecule has 3 aromatic carbocycles. The molecule has 1 atom stereocenters. The molecule has 2 heterocycles. The Labute approximate surface area is 216 Å². The number of pyridine rings is 1. The van der Waals surface area contributed by atoms with Gasteiger partial charge in [0.2, 0.25) is 0 Å². The summed E-state index contributed by atoms with van der Waals surface area (Å²) in [6.45, 7) is 3.48. The van der Waals surface area contributed by atoms with Crippen LogP contribution in [0.5, 0.6) is 0 Å². The highest BCUT2D eigenvalue weighted by Crippen LogP contribution is 2.33. The highest BCUT2D eigenvalue weighted by Gasteiger charge is 2.36. The third kappa shape index (κ3) is 5.20. The van der Waals surface area contributed by atoms with Crippen LogP contribution in [0, 0.1) is 0 Å². The Balaban J connectivity index is 1.47. The quantitative estimate of drug-likeness (QED) is 0.357. The molecule has 6 heteroatoms. The fourth-order valence-electron chi connectivity index (χ4n) is 5.06. The monoisotopic (exact) mass is 495 g/mol. The highest BCUT2D eigenvalue weighted by molar-refractivity contribution is 8.13. The van der Waals surface area contributed by atoms with Gasteiger partial charge in [-0.05, 0) is 16.5 Å². The molecule has 0 N–H and O–H groups in total. The topological polar surface area (TPSA) is 53.5 Å². The summed E-state index contributed by atoms with van der Waals surface area (Å²) in [5, 5.41) is 1.97. The standard InChI is InChI=1S/C30H29N3O2S/c1-22(34)36-21-26-20-32(30(35)28-19-31-18-25-14-8-9-15-27(25)28)16-17-33(26)29(23-10-4-2-5-11-23)24-12-6-3-7-13-24/h2-15,18-19,26,29H,16-17,20-21H2,1H3/t26-/m0/s1. The van der Waals surface area contributed by atoms with Gasteiger partial charge >= 0.3 is 0 Å². The zero-order valence-electron chi connectivity index (χ0n) is 20.3. The second-order valence-electron chi connectivity index (χ2n) is 9.08. The lowest BCUT2D eigenvalue weighted by Gasteiger charge is -2.45. The van der Waals surface area contributed by atoms with Crippen LogP contribution in [-0.2, 0) is 4.79 Å². The second-order valence-corrected chi connectivity index (χ2v) is 10.3. The highest BCUT2D eigenvalue weighted by atomic mass is 32.2. The molecule has 0 radical (unpaired) electrons. The van der Waals surface area contributed by atoms with Crippen LogP contribution < -0.4 is 0 Å². The van der Waals surface area contributed by atoms with Crippen molar-refractivity contribution in [3.05, 3.63) is 114 Å². The Morgan fingerprint density at radius 1 is 0.889 bits per heavy atom. The number of thioether (sulfide) groups is 1. The van der Waals surface area contributed by atoms with E-state index < -0.39 is 0 Å². The van der Waals surface area contributed by atoms with Crippen LogP contribution >= 0.6 is 11.8 Å². The maximum Gasteiger partial charge on any atom is 0.256 e. The van der Waals surface area contributed by atoms with Gasteiger partial charge in [0, 0.05) is 56.1 Å². The van der Waals surface area contributed by atoms with Gasteiger partial charge in [-0.2, -0.15) is 0 Å². The van der Waals surface area contributed by atoms with Gasteiger partial charge in [0.15, 0.2) is 5.12 Å². The zero-order valence-corrected chi connectivity index (χ0v) is 21.1. The Morgan fingerprint density at radius 2 is 1.53 bits per heavy atom. The van der Waals surface area contributed by atoms with Gasteiger partial charge in [-0.25, -0.2) is 0 Å². The molecule has 1 fully saturated rings. The molecule has 0 spiro atoms. The van der Waals surface area contributed by atoms with Gasteiger partial charge in [-0.15, -0.1) is 0 Å². The fraction of sp³-hybridized carbons (Fsp3) is 0.233. The van der Waals surface area contributed by atoms with Gasteiger partial charge in [0.05, 0.1) is 11.6 Å². The Bertz CT molecular complexity index is 1300. The lowest BCUT2D eigenvalue weighted by atomic mass is 9.94. The molecule has 5 nitrogen and oxygen atoms in total. The summed E-state index contributed by atoms with van der Waals surface area (Å²) in [5.41, 5.74) is 3.04. The smallest absolute Gasteiger partial charge is 0.256 e. The number of benzene rings is 3. The summed E-state index contributed by atoms with van der Waals surface area (Å²) in [5.74, 6) is 0.621. The molecule has 1 amide bonds. The van der Waals surface area contributed by atoms with Crippen molar-refractivity contribution in [3.63, 3.8) is 0 Å². The van der Waals surface area contributed by atoms with E-state index in [1.807, 2.05) is 41.3 Å². The van der Waals surface area contributed by atoms with Crippen molar-refractivity contribution in [1.82, 2.24) is 14.8 Å². The first kappa shape index (κ1) is 24.2. The number of rotatable bonds is 6. The van der Waals surface area contributed by atoms with Crippen LogP contribution in [0.25, 0.3) is 10.8 Å². The van der Waals surface area contributed by atoms with E-state index in [-0.39, 0.29) is 23.1 Å². The molecular weight excluding hydrogens is 466 g/mol. The molecule has 5 rings (SSSR count). The van der Waals surface area contributed by atoms with Crippen molar-refractivity contribution in [3.8, 4) is 0 Å². The summed E-state index contributed by atoms with van der Waals surface area (Å²) < 4.78 is 0. The number of aromatic nitrogens is 1. The van der Waals surface area contributed by atoms with Crippen LogP contribution in [-0.4, -0.2) is 57.2 Å². The van der Waals surface area contributed by atoms with Crippen LogP contribution in [0.2, 0.25) is 0 Å². The van der Waals surface area contributed by atoms with Crippen LogP contribution in [0.3, 0.4) is 0 Å². The molecule has 0 saturated carbocycles. The van der Waals surface area contributed by atoms with Gasteiger partial charge in [0.1, 0.15) is 0 Å². The number of carbonyl (C=O) groups is 2. The van der Waals surface area contributed by atoms with E-state index in [1.54, 1.807) is 19.3 Å². The average Bonchev–Trinajstić information content (AvgIpc) is 2.93. The number of hydrogen-bond acceptors (Lipinski definition) is 5. The normalized spacial score (nSPS) is 16.4. The van der Waals surface area contributed by atoms with E-state index in [9.17, 15) is 9.59 Å². The second kappa shape index (κ2) is 11.1. The van der Waals surface area contributed by atoms with E-state index >= 15 is 0 Å². The van der Waals surface area contributed by atoms with Crippen molar-refractivity contribution >= 4 is 33.6 Å². The van der Waals surface area contributed by atoms with E-state index in [4.69, 9.17) is 0 Å². The first-order valence-corrected chi connectivity index (χ1v) is 13.2. The van der Waals surface area contributed by atoms with Crippen molar-refractivity contribution < 1.29 is 9.59 Å². The van der Waals surface area contributed by atoms with Crippen molar-refractivity contribution in [2.45, 2.75) is 19.0 Å². The molecule has 0 aliphatic carbocycles. The Morgan fingerprint density at radius 3 is 2.19 bits per heavy atom. The molecule has 0 bridgehead atoms. The van der Waals surface area contributed by atoms with Crippen molar-refractivity contribution in [1.29, 1.82) is 0 Å². The number of hydrogen-bond donors (Lipinski definition) is 0. The molecule has 36 heavy (non-hydrogen) atoms. The SMILES string of the molecule is CC(=O)SC[C@@H]1CN(C(=O)c2cncc3ccccc23)CCN1C(c1ccccc1)c1ccccc1. The van der Waals surface area contributed by atoms with Crippen LogP contribution in [0.4, 0.5) is 0 Å². The summed E-state index contributed by atoms with van der Waals surface area (Å²) in [6, 6.07) is 28.9. The summed E-state index contributed by atoms with van der Waals surface area (Å²) in [7, 11) is 0. The number of nitrogens with zero attached hydrogens (tertiary/aromatic N) is 3. The lowest BCUT2D eigenvalue weighted by molar-refractivity contribution is -0.109. The fourth-order valence-corrected chi connectivity index (χ4v) is 5.78. The molecule has 182 valence electrons. The molecule has 4 aromatic rings. The first-order chi connectivity index (χ1) is 17.6. The van der Waals surface area contributed by atoms with Gasteiger partial charge in [-0.3, -0.25) is 19.5 Å². The lowest BCUT2D eigenvalue weighted by Crippen LogP contribution is -2.56. The first-order valence-electron chi connectivity index (χ1n) is 12.2. The largest absolute Gasteiger partial charge is 0.336 e. The summed E-state index contributed by atoms with van der Waals surface area (Å²) >= 11 is 1.33. The summed E-state index contributed by atoms with van der Waals surface area (Å²) in [4.78, 5) is 34.4. The summed E-state index contributed by atoms with van der Waals surface area (Å²) in [6.07, 6.45) is 3.47. The maximum atomic E-state index is 13.7. The van der Waals surface area contributed by atoms with E-state index in [2.05, 4.69) is 58.4 Å². The Kier molecular flexibility index (Phi) is 7.44. The maximum absolute atomic E-state index is 13.7. The molecule has 0 unspecified atom stereocenters. The minimum Gasteiger partial charge on any atom is -0.336 e. The van der Waals surface area contributed by atoms with E-state index in [1.165, 1.54) is 22.9 Å². The van der Waals surface area contributed by atoms with E-state index in [0.717, 1.165) is 10.8 Å². The zero-order chi connectivity index (χ0) is 24.9. The van der Waals surface area contributed by atoms with Gasteiger partial charge in [0.25, 0.3) is 5.91 Å². The van der Waals surface area contributed by atoms with Crippen molar-refractivity contribution in [2.24, 2.45) is 0 Å². The van der Waals surface area contributed by atoms with Crippen LogP contribution in [0.15, 0.2) is 97.3 Å². The van der Waals surface area contributed by atoms with Gasteiger partial charge in [-0.1, -0.05) is 96.7 Å². The molecule has 1 aliphatic rings. The third-order valence-electron chi connectivity index (χ3n) is 6.76. The van der Waals surface area contributed by atoms with Gasteiger partial charge < -0.3 is 4.90 Å². The number of carbonyl (C=O) groups excluding carboxylic acids is 2. The Hall–Kier alpha value is -3.48. The van der Waals surface area contributed by atoms with E-state index in [0.29, 0.717) is 31.0 Å². The molecular formula is C30H29N3O2S. The predicted molar refractivity (Wildman–Crippen MR) is 146 cm³/mol. The third-order valence-corrected chi connectivity index (χ3v) is 7.71. The number of amides is 1. The van der Waals surface area contributed by atoms with Crippen molar-refractivity contribution in [2.75, 3.05) is 25.4 Å².